The quantitative estimate of drug-likeness (QED) is 0.333. The number of nitrogens with one attached hydrogen (secondary N) is 1. The molecule has 3 atom stereocenters. The highest BCUT2D eigenvalue weighted by Crippen LogP contribution is 2.41. The molecule has 2 aromatic rings. The Bertz CT molecular complexity index is 1190. The first-order valence-electron chi connectivity index (χ1n) is 15.0. The fraction of sp³-hybridized carbons (Fsp3) is 0.625. The highest BCUT2D eigenvalue weighted by Gasteiger charge is 2.38. The van der Waals surface area contributed by atoms with Crippen LogP contribution in [0.5, 0.6) is 5.75 Å². The zero-order valence-corrected chi connectivity index (χ0v) is 24.6. The van der Waals surface area contributed by atoms with E-state index in [4.69, 9.17) is 19.2 Å². The van der Waals surface area contributed by atoms with E-state index < -0.39 is 17.8 Å². The number of nitrogens with zero attached hydrogens (tertiary/aromatic N) is 2. The predicted octanol–water partition coefficient (Wildman–Crippen LogP) is 5.70. The van der Waals surface area contributed by atoms with Gasteiger partial charge in [0.05, 0.1) is 25.9 Å². The SMILES string of the molecule is COc1cc(CCCCO[C@@H]2CCN([C@H](C(=O)O)c3cc(F)ccc3[C@H]3CCC(C)(C)CO3)C2)nc2c1CCCN2. The van der Waals surface area contributed by atoms with Crippen molar-refractivity contribution in [1.82, 2.24) is 9.88 Å². The van der Waals surface area contributed by atoms with Crippen LogP contribution in [0, 0.1) is 11.2 Å². The summed E-state index contributed by atoms with van der Waals surface area (Å²) in [5.74, 6) is 0.449. The molecule has 1 aromatic heterocycles. The van der Waals surface area contributed by atoms with Crippen LogP contribution in [0.4, 0.5) is 10.2 Å². The maximum Gasteiger partial charge on any atom is 0.325 e. The molecule has 1 aromatic carbocycles. The van der Waals surface area contributed by atoms with Crippen molar-refractivity contribution in [2.45, 2.75) is 83.5 Å². The Kier molecular flexibility index (Phi) is 9.46. The molecule has 5 rings (SSSR count). The van der Waals surface area contributed by atoms with Crippen LogP contribution in [0.2, 0.25) is 0 Å². The number of rotatable bonds is 11. The topological polar surface area (TPSA) is 93.2 Å². The molecule has 2 fully saturated rings. The Labute approximate surface area is 242 Å². The number of pyridine rings is 1. The third-order valence-electron chi connectivity index (χ3n) is 8.66. The maximum absolute atomic E-state index is 14.4. The molecular formula is C32H44FN3O5. The van der Waals surface area contributed by atoms with Crippen molar-refractivity contribution in [3.05, 3.63) is 52.5 Å². The fourth-order valence-corrected chi connectivity index (χ4v) is 6.36. The van der Waals surface area contributed by atoms with Gasteiger partial charge in [-0.1, -0.05) is 19.9 Å². The van der Waals surface area contributed by atoms with E-state index in [1.807, 2.05) is 11.0 Å². The summed E-state index contributed by atoms with van der Waals surface area (Å²) in [5.41, 5.74) is 3.54. The summed E-state index contributed by atoms with van der Waals surface area (Å²) in [6, 6.07) is 5.60. The number of methoxy groups -OCH3 is 1. The maximum atomic E-state index is 14.4. The van der Waals surface area contributed by atoms with Crippen molar-refractivity contribution in [2.24, 2.45) is 5.41 Å². The summed E-state index contributed by atoms with van der Waals surface area (Å²) in [7, 11) is 1.71. The molecule has 8 nitrogen and oxygen atoms in total. The van der Waals surface area contributed by atoms with Gasteiger partial charge in [-0.3, -0.25) is 9.69 Å². The van der Waals surface area contributed by atoms with Crippen molar-refractivity contribution in [3.63, 3.8) is 0 Å². The number of aromatic nitrogens is 1. The molecule has 0 radical (unpaired) electrons. The standard InChI is InChI=1S/C32H44FN3O5/c1-32(2)13-11-27(41-20-32)24-10-9-21(33)17-26(24)29(31(37)38)36-15-12-23(19-36)40-16-5-4-7-22-18-28(39-3)25-8-6-14-34-30(25)35-22/h9-10,17-18,23,27,29H,4-8,11-16,19-20H2,1-3H3,(H,34,35)(H,37,38)/t23-,27-,29+/m1/s1. The lowest BCUT2D eigenvalue weighted by Gasteiger charge is -2.36. The highest BCUT2D eigenvalue weighted by atomic mass is 19.1. The summed E-state index contributed by atoms with van der Waals surface area (Å²) >= 11 is 0. The Morgan fingerprint density at radius 3 is 2.90 bits per heavy atom. The van der Waals surface area contributed by atoms with Gasteiger partial charge >= 0.3 is 5.97 Å². The van der Waals surface area contributed by atoms with Crippen LogP contribution in [0.3, 0.4) is 0 Å². The molecule has 0 amide bonds. The van der Waals surface area contributed by atoms with Crippen molar-refractivity contribution in [1.29, 1.82) is 0 Å². The van der Waals surface area contributed by atoms with Crippen molar-refractivity contribution in [2.75, 3.05) is 45.3 Å². The average Bonchev–Trinajstić information content (AvgIpc) is 3.41. The van der Waals surface area contributed by atoms with Gasteiger partial charge in [-0.05, 0) is 80.0 Å². The van der Waals surface area contributed by atoms with Gasteiger partial charge < -0.3 is 24.6 Å². The molecule has 0 aliphatic carbocycles. The molecule has 3 aliphatic rings. The first-order chi connectivity index (χ1) is 19.7. The summed E-state index contributed by atoms with van der Waals surface area (Å²) in [5, 5.41) is 13.7. The molecule has 224 valence electrons. The fourth-order valence-electron chi connectivity index (χ4n) is 6.36. The number of aliphatic carboxylic acids is 1. The second-order valence-electron chi connectivity index (χ2n) is 12.4. The number of unbranched alkanes of at least 4 members (excludes halogenated alkanes) is 1. The Hall–Kier alpha value is -2.75. The molecule has 4 heterocycles. The summed E-state index contributed by atoms with van der Waals surface area (Å²) < 4.78 is 32.3. The van der Waals surface area contributed by atoms with Crippen molar-refractivity contribution >= 4 is 11.8 Å². The van der Waals surface area contributed by atoms with Crippen LogP contribution < -0.4 is 10.1 Å². The molecule has 2 N–H and O–H groups in total. The average molecular weight is 570 g/mol. The third-order valence-corrected chi connectivity index (χ3v) is 8.66. The number of hydrogen-bond acceptors (Lipinski definition) is 7. The van der Waals surface area contributed by atoms with Crippen LogP contribution >= 0.6 is 0 Å². The largest absolute Gasteiger partial charge is 0.496 e. The molecule has 0 unspecified atom stereocenters. The summed E-state index contributed by atoms with van der Waals surface area (Å²) in [4.78, 5) is 19.3. The lowest BCUT2D eigenvalue weighted by atomic mass is 9.82. The number of hydrogen-bond donors (Lipinski definition) is 2. The number of carbonyl (C=O) groups is 1. The number of benzene rings is 1. The van der Waals surface area contributed by atoms with Gasteiger partial charge in [-0.15, -0.1) is 0 Å². The minimum atomic E-state index is -0.976. The van der Waals surface area contributed by atoms with Gasteiger partial charge in [0.25, 0.3) is 0 Å². The van der Waals surface area contributed by atoms with Crippen molar-refractivity contribution < 1.29 is 28.5 Å². The van der Waals surface area contributed by atoms with Gasteiger partial charge in [-0.2, -0.15) is 0 Å². The zero-order valence-electron chi connectivity index (χ0n) is 24.6. The Balaban J connectivity index is 1.15. The minimum absolute atomic E-state index is 0.0493. The Morgan fingerprint density at radius 1 is 1.29 bits per heavy atom. The van der Waals surface area contributed by atoms with Crippen LogP contribution in [-0.2, 0) is 27.1 Å². The predicted molar refractivity (Wildman–Crippen MR) is 155 cm³/mol. The molecular weight excluding hydrogens is 525 g/mol. The number of halogens is 1. The molecule has 0 bridgehead atoms. The van der Waals surface area contributed by atoms with Gasteiger partial charge in [-0.25, -0.2) is 9.37 Å². The van der Waals surface area contributed by atoms with Crippen LogP contribution in [0.1, 0.15) is 86.9 Å². The number of carboxylic acid groups (broad SMARTS) is 1. The second kappa shape index (κ2) is 13.0. The Morgan fingerprint density at radius 2 is 2.15 bits per heavy atom. The van der Waals surface area contributed by atoms with E-state index in [1.165, 1.54) is 12.1 Å². The first kappa shape index (κ1) is 29.7. The van der Waals surface area contributed by atoms with Gasteiger partial charge in [0.2, 0.25) is 0 Å². The smallest absolute Gasteiger partial charge is 0.325 e. The minimum Gasteiger partial charge on any atom is -0.496 e. The molecule has 2 saturated heterocycles. The summed E-state index contributed by atoms with van der Waals surface area (Å²) in [6.45, 7) is 7.56. The third kappa shape index (κ3) is 7.19. The van der Waals surface area contributed by atoms with E-state index in [1.54, 1.807) is 13.2 Å². The number of ether oxygens (including phenoxy) is 3. The van der Waals surface area contributed by atoms with E-state index in [2.05, 4.69) is 19.2 Å². The number of aryl methyl sites for hydroxylation is 1. The lowest BCUT2D eigenvalue weighted by molar-refractivity contribution is -0.143. The lowest BCUT2D eigenvalue weighted by Crippen LogP contribution is -2.35. The first-order valence-corrected chi connectivity index (χ1v) is 15.0. The normalized spacial score (nSPS) is 23.0. The molecule has 9 heteroatoms. The van der Waals surface area contributed by atoms with Gasteiger partial charge in [0.1, 0.15) is 23.4 Å². The number of carboxylic acids is 1. The van der Waals surface area contributed by atoms with E-state index >= 15 is 0 Å². The number of likely N-dealkylation sites (tertiary alicyclic amines) is 1. The van der Waals surface area contributed by atoms with Crippen LogP contribution in [-0.4, -0.2) is 67.0 Å². The van der Waals surface area contributed by atoms with Crippen molar-refractivity contribution in [3.8, 4) is 5.75 Å². The molecule has 0 spiro atoms. The van der Waals surface area contributed by atoms with Crippen LogP contribution in [0.15, 0.2) is 24.3 Å². The van der Waals surface area contributed by atoms with E-state index in [9.17, 15) is 14.3 Å². The van der Waals surface area contributed by atoms with Gasteiger partial charge in [0, 0.05) is 43.6 Å². The highest BCUT2D eigenvalue weighted by molar-refractivity contribution is 5.76. The number of fused-ring (bicyclic) bond motifs is 1. The van der Waals surface area contributed by atoms with E-state index in [-0.39, 0.29) is 17.6 Å². The van der Waals surface area contributed by atoms with Gasteiger partial charge in [0.15, 0.2) is 0 Å². The number of anilines is 1. The molecule has 3 aliphatic heterocycles. The molecule has 0 saturated carbocycles. The van der Waals surface area contributed by atoms with E-state index in [0.29, 0.717) is 31.9 Å². The monoisotopic (exact) mass is 569 g/mol. The van der Waals surface area contributed by atoms with Crippen LogP contribution in [0.25, 0.3) is 0 Å². The second-order valence-corrected chi connectivity index (χ2v) is 12.4. The zero-order chi connectivity index (χ0) is 29.0. The summed E-state index contributed by atoms with van der Waals surface area (Å²) in [6.07, 6.45) is 6.97. The van der Waals surface area contributed by atoms with E-state index in [0.717, 1.165) is 86.3 Å². The molecule has 41 heavy (non-hydrogen) atoms.